The molecule has 1 saturated carbocycles. The van der Waals surface area contributed by atoms with Crippen molar-refractivity contribution in [1.29, 1.82) is 0 Å². The average molecular weight is 234 g/mol. The van der Waals surface area contributed by atoms with Gasteiger partial charge in [0.1, 0.15) is 5.75 Å². The molecule has 0 saturated heterocycles. The molecule has 1 aromatic rings. The Balaban J connectivity index is 1.84. The summed E-state index contributed by atoms with van der Waals surface area (Å²) in [7, 11) is 1.69. The second-order valence-electron chi connectivity index (χ2n) is 5.00. The summed E-state index contributed by atoms with van der Waals surface area (Å²) in [4.78, 5) is 0. The SMILES string of the molecule is COc1ccc(CCC2CCCCC2O)cc1. The van der Waals surface area contributed by atoms with Crippen molar-refractivity contribution in [2.75, 3.05) is 7.11 Å². The van der Waals surface area contributed by atoms with E-state index in [4.69, 9.17) is 4.74 Å². The molecule has 2 nitrogen and oxygen atoms in total. The maximum Gasteiger partial charge on any atom is 0.118 e. The van der Waals surface area contributed by atoms with Gasteiger partial charge >= 0.3 is 0 Å². The highest BCUT2D eigenvalue weighted by molar-refractivity contribution is 5.27. The summed E-state index contributed by atoms with van der Waals surface area (Å²) in [6.07, 6.45) is 6.76. The Hall–Kier alpha value is -1.02. The molecule has 0 spiro atoms. The van der Waals surface area contributed by atoms with E-state index in [0.29, 0.717) is 5.92 Å². The third-order valence-electron chi connectivity index (χ3n) is 3.83. The van der Waals surface area contributed by atoms with E-state index in [9.17, 15) is 5.11 Å². The molecule has 0 aromatic heterocycles. The van der Waals surface area contributed by atoms with Gasteiger partial charge in [0.05, 0.1) is 13.2 Å². The quantitative estimate of drug-likeness (QED) is 0.867. The maximum atomic E-state index is 9.91. The smallest absolute Gasteiger partial charge is 0.118 e. The number of aliphatic hydroxyl groups is 1. The summed E-state index contributed by atoms with van der Waals surface area (Å²) in [5.74, 6) is 1.41. The van der Waals surface area contributed by atoms with Gasteiger partial charge in [0, 0.05) is 0 Å². The van der Waals surface area contributed by atoms with E-state index in [0.717, 1.165) is 25.0 Å². The average Bonchev–Trinajstić information content (AvgIpc) is 2.38. The first-order valence-corrected chi connectivity index (χ1v) is 6.60. The van der Waals surface area contributed by atoms with Crippen molar-refractivity contribution < 1.29 is 9.84 Å². The molecule has 0 amide bonds. The van der Waals surface area contributed by atoms with Gasteiger partial charge in [0.2, 0.25) is 0 Å². The van der Waals surface area contributed by atoms with Crippen LogP contribution in [0, 0.1) is 5.92 Å². The molecule has 1 fully saturated rings. The summed E-state index contributed by atoms with van der Waals surface area (Å²) in [6, 6.07) is 8.25. The van der Waals surface area contributed by atoms with Crippen LogP contribution in [-0.4, -0.2) is 18.3 Å². The third-order valence-corrected chi connectivity index (χ3v) is 3.83. The molecule has 1 N–H and O–H groups in total. The van der Waals surface area contributed by atoms with Crippen LogP contribution in [0.5, 0.6) is 5.75 Å². The van der Waals surface area contributed by atoms with Gasteiger partial charge in [0.25, 0.3) is 0 Å². The second kappa shape index (κ2) is 6.06. The minimum absolute atomic E-state index is 0.0676. The van der Waals surface area contributed by atoms with Crippen molar-refractivity contribution in [3.8, 4) is 5.75 Å². The highest BCUT2D eigenvalue weighted by Crippen LogP contribution is 2.28. The highest BCUT2D eigenvalue weighted by atomic mass is 16.5. The van der Waals surface area contributed by atoms with Gasteiger partial charge in [-0.2, -0.15) is 0 Å². The largest absolute Gasteiger partial charge is 0.497 e. The number of hydrogen-bond donors (Lipinski definition) is 1. The lowest BCUT2D eigenvalue weighted by Gasteiger charge is -2.27. The van der Waals surface area contributed by atoms with Crippen LogP contribution < -0.4 is 4.74 Å². The molecule has 0 radical (unpaired) electrons. The van der Waals surface area contributed by atoms with Gasteiger partial charge < -0.3 is 9.84 Å². The molecule has 2 atom stereocenters. The molecular formula is C15H22O2. The van der Waals surface area contributed by atoms with Crippen LogP contribution in [-0.2, 0) is 6.42 Å². The summed E-state index contributed by atoms with van der Waals surface area (Å²) in [5, 5.41) is 9.91. The van der Waals surface area contributed by atoms with Crippen LogP contribution in [0.4, 0.5) is 0 Å². The van der Waals surface area contributed by atoms with Crippen molar-refractivity contribution in [2.45, 2.75) is 44.6 Å². The zero-order valence-electron chi connectivity index (χ0n) is 10.6. The van der Waals surface area contributed by atoms with Crippen LogP contribution in [0.25, 0.3) is 0 Å². The highest BCUT2D eigenvalue weighted by Gasteiger charge is 2.22. The predicted molar refractivity (Wildman–Crippen MR) is 69.3 cm³/mol. The van der Waals surface area contributed by atoms with Gasteiger partial charge in [-0.05, 0) is 49.3 Å². The number of aryl methyl sites for hydroxylation is 1. The van der Waals surface area contributed by atoms with E-state index in [2.05, 4.69) is 12.1 Å². The molecule has 1 aromatic carbocycles. The van der Waals surface area contributed by atoms with Crippen LogP contribution in [0.1, 0.15) is 37.7 Å². The molecule has 0 bridgehead atoms. The third kappa shape index (κ3) is 3.47. The number of methoxy groups -OCH3 is 1. The fourth-order valence-electron chi connectivity index (χ4n) is 2.67. The standard InChI is InChI=1S/C15H22O2/c1-17-14-10-7-12(8-11-14)6-9-13-4-2-3-5-15(13)16/h7-8,10-11,13,15-16H,2-6,9H2,1H3. The van der Waals surface area contributed by atoms with Crippen LogP contribution in [0.2, 0.25) is 0 Å². The zero-order chi connectivity index (χ0) is 12.1. The molecule has 2 rings (SSSR count). The Morgan fingerprint density at radius 1 is 1.18 bits per heavy atom. The Kier molecular flexibility index (Phi) is 4.43. The van der Waals surface area contributed by atoms with Crippen molar-refractivity contribution in [2.24, 2.45) is 5.92 Å². The Morgan fingerprint density at radius 2 is 1.88 bits per heavy atom. The summed E-state index contributed by atoms with van der Waals surface area (Å²) in [6.45, 7) is 0. The Bertz CT molecular complexity index is 331. The van der Waals surface area contributed by atoms with E-state index in [1.165, 1.54) is 24.8 Å². The normalized spacial score (nSPS) is 24.6. The minimum Gasteiger partial charge on any atom is -0.497 e. The monoisotopic (exact) mass is 234 g/mol. The lowest BCUT2D eigenvalue weighted by atomic mass is 9.83. The molecule has 17 heavy (non-hydrogen) atoms. The molecule has 2 unspecified atom stereocenters. The molecule has 94 valence electrons. The maximum absolute atomic E-state index is 9.91. The van der Waals surface area contributed by atoms with E-state index >= 15 is 0 Å². The van der Waals surface area contributed by atoms with E-state index in [1.54, 1.807) is 7.11 Å². The molecule has 1 aliphatic carbocycles. The number of rotatable bonds is 4. The van der Waals surface area contributed by atoms with Crippen LogP contribution in [0.15, 0.2) is 24.3 Å². The Labute approximate surface area is 104 Å². The van der Waals surface area contributed by atoms with Gasteiger partial charge in [-0.3, -0.25) is 0 Å². The molecule has 0 heterocycles. The van der Waals surface area contributed by atoms with Gasteiger partial charge in [-0.15, -0.1) is 0 Å². The van der Waals surface area contributed by atoms with E-state index in [1.807, 2.05) is 12.1 Å². The van der Waals surface area contributed by atoms with Crippen molar-refractivity contribution in [3.05, 3.63) is 29.8 Å². The van der Waals surface area contributed by atoms with Gasteiger partial charge in [-0.25, -0.2) is 0 Å². The van der Waals surface area contributed by atoms with Gasteiger partial charge in [-0.1, -0.05) is 25.0 Å². The van der Waals surface area contributed by atoms with E-state index in [-0.39, 0.29) is 6.10 Å². The van der Waals surface area contributed by atoms with Crippen LogP contribution in [0.3, 0.4) is 0 Å². The lowest BCUT2D eigenvalue weighted by Crippen LogP contribution is -2.24. The number of ether oxygens (including phenoxy) is 1. The fraction of sp³-hybridized carbons (Fsp3) is 0.600. The fourth-order valence-corrected chi connectivity index (χ4v) is 2.67. The zero-order valence-corrected chi connectivity index (χ0v) is 10.6. The molecule has 1 aliphatic rings. The van der Waals surface area contributed by atoms with E-state index < -0.39 is 0 Å². The second-order valence-corrected chi connectivity index (χ2v) is 5.00. The lowest BCUT2D eigenvalue weighted by molar-refractivity contribution is 0.0655. The topological polar surface area (TPSA) is 29.5 Å². The van der Waals surface area contributed by atoms with Gasteiger partial charge in [0.15, 0.2) is 0 Å². The predicted octanol–water partition coefficient (Wildman–Crippen LogP) is 3.18. The number of benzene rings is 1. The van der Waals surface area contributed by atoms with Crippen molar-refractivity contribution in [1.82, 2.24) is 0 Å². The Morgan fingerprint density at radius 3 is 2.53 bits per heavy atom. The van der Waals surface area contributed by atoms with Crippen LogP contribution >= 0.6 is 0 Å². The summed E-state index contributed by atoms with van der Waals surface area (Å²) >= 11 is 0. The number of hydrogen-bond acceptors (Lipinski definition) is 2. The molecular weight excluding hydrogens is 212 g/mol. The molecule has 0 aliphatic heterocycles. The minimum atomic E-state index is -0.0676. The van der Waals surface area contributed by atoms with Crippen molar-refractivity contribution >= 4 is 0 Å². The first-order chi connectivity index (χ1) is 8.29. The first-order valence-electron chi connectivity index (χ1n) is 6.60. The first kappa shape index (κ1) is 12.4. The number of aliphatic hydroxyl groups excluding tert-OH is 1. The summed E-state index contributed by atoms with van der Waals surface area (Å²) in [5.41, 5.74) is 1.34. The molecule has 2 heteroatoms. The van der Waals surface area contributed by atoms with Crippen molar-refractivity contribution in [3.63, 3.8) is 0 Å². The summed E-state index contributed by atoms with van der Waals surface area (Å²) < 4.78 is 5.14.